The minimum atomic E-state index is -3.36. The topological polar surface area (TPSA) is 72.3 Å². The fourth-order valence-electron chi connectivity index (χ4n) is 3.27. The van der Waals surface area contributed by atoms with Crippen molar-refractivity contribution in [3.8, 4) is 0 Å². The molecule has 1 fully saturated rings. The SMILES string of the molecule is Cc1ccc(C(=O)N2CCCC2c2cnn(C)c2)cc1S(C)(=O)=O. The van der Waals surface area contributed by atoms with Gasteiger partial charge in [0.2, 0.25) is 0 Å². The molecule has 6 nitrogen and oxygen atoms in total. The van der Waals surface area contributed by atoms with Crippen molar-refractivity contribution in [3.63, 3.8) is 0 Å². The van der Waals surface area contributed by atoms with Gasteiger partial charge in [0.05, 0.1) is 17.1 Å². The Hall–Kier alpha value is -2.15. The van der Waals surface area contributed by atoms with Crippen molar-refractivity contribution in [3.05, 3.63) is 47.3 Å². The zero-order valence-corrected chi connectivity index (χ0v) is 14.9. The maximum absolute atomic E-state index is 12.9. The third kappa shape index (κ3) is 3.08. The van der Waals surface area contributed by atoms with Crippen LogP contribution in [0, 0.1) is 6.92 Å². The summed E-state index contributed by atoms with van der Waals surface area (Å²) >= 11 is 0. The van der Waals surface area contributed by atoms with E-state index in [-0.39, 0.29) is 16.8 Å². The number of carbonyl (C=O) groups excluding carboxylic acids is 1. The van der Waals surface area contributed by atoms with Crippen molar-refractivity contribution in [2.24, 2.45) is 7.05 Å². The third-order valence-electron chi connectivity index (χ3n) is 4.46. The van der Waals surface area contributed by atoms with Gasteiger partial charge in [0.1, 0.15) is 0 Å². The second-order valence-electron chi connectivity index (χ2n) is 6.36. The maximum atomic E-state index is 12.9. The minimum absolute atomic E-state index is 0.00538. The Morgan fingerprint density at radius 2 is 2.08 bits per heavy atom. The summed E-state index contributed by atoms with van der Waals surface area (Å²) in [5.41, 5.74) is 2.08. The zero-order chi connectivity index (χ0) is 17.5. The molecule has 2 aromatic rings. The van der Waals surface area contributed by atoms with Crippen LogP contribution in [0.1, 0.15) is 40.4 Å². The molecule has 0 radical (unpaired) electrons. The molecule has 1 atom stereocenters. The van der Waals surface area contributed by atoms with Gasteiger partial charge in [-0.25, -0.2) is 8.42 Å². The lowest BCUT2D eigenvalue weighted by Gasteiger charge is -2.24. The summed E-state index contributed by atoms with van der Waals surface area (Å²) in [4.78, 5) is 15.0. The summed E-state index contributed by atoms with van der Waals surface area (Å²) in [6, 6.07) is 4.88. The number of hydrogen-bond donors (Lipinski definition) is 0. The number of nitrogens with zero attached hydrogens (tertiary/aromatic N) is 3. The predicted octanol–water partition coefficient (Wildman–Crippen LogP) is 2.11. The molecule has 128 valence electrons. The van der Waals surface area contributed by atoms with Crippen LogP contribution in [0.5, 0.6) is 0 Å². The van der Waals surface area contributed by atoms with E-state index in [4.69, 9.17) is 0 Å². The van der Waals surface area contributed by atoms with E-state index in [1.165, 1.54) is 6.07 Å². The summed E-state index contributed by atoms with van der Waals surface area (Å²) in [6.07, 6.45) is 6.69. The van der Waals surface area contributed by atoms with Crippen molar-refractivity contribution >= 4 is 15.7 Å². The normalized spacial score (nSPS) is 18.1. The molecule has 3 rings (SSSR count). The van der Waals surface area contributed by atoms with Gasteiger partial charge in [-0.15, -0.1) is 0 Å². The van der Waals surface area contributed by atoms with Crippen LogP contribution in [-0.2, 0) is 16.9 Å². The third-order valence-corrected chi connectivity index (χ3v) is 5.70. The number of likely N-dealkylation sites (tertiary alicyclic amines) is 1. The second-order valence-corrected chi connectivity index (χ2v) is 8.34. The van der Waals surface area contributed by atoms with E-state index < -0.39 is 9.84 Å². The quantitative estimate of drug-likeness (QED) is 0.852. The maximum Gasteiger partial charge on any atom is 0.254 e. The highest BCUT2D eigenvalue weighted by Gasteiger charge is 2.31. The fourth-order valence-corrected chi connectivity index (χ4v) is 4.26. The van der Waals surface area contributed by atoms with Gasteiger partial charge in [0, 0.05) is 37.2 Å². The van der Waals surface area contributed by atoms with Gasteiger partial charge in [-0.3, -0.25) is 9.48 Å². The fraction of sp³-hybridized carbons (Fsp3) is 0.412. The number of aryl methyl sites for hydroxylation is 2. The molecule has 1 aliphatic rings. The molecule has 7 heteroatoms. The van der Waals surface area contributed by atoms with Crippen molar-refractivity contribution in [1.29, 1.82) is 0 Å². The van der Waals surface area contributed by atoms with Crippen LogP contribution in [0.15, 0.2) is 35.5 Å². The van der Waals surface area contributed by atoms with E-state index in [2.05, 4.69) is 5.10 Å². The number of amides is 1. The standard InChI is InChI=1S/C17H21N3O3S/c1-12-6-7-13(9-16(12)24(3,22)23)17(21)20-8-4-5-15(20)14-10-18-19(2)11-14/h6-7,9-11,15H,4-5,8H2,1-3H3. The number of hydrogen-bond acceptors (Lipinski definition) is 4. The van der Waals surface area contributed by atoms with E-state index in [0.717, 1.165) is 24.7 Å². The molecular formula is C17H21N3O3S. The Kier molecular flexibility index (Phi) is 4.21. The average Bonchev–Trinajstić information content (AvgIpc) is 3.14. The van der Waals surface area contributed by atoms with Crippen LogP contribution in [0.4, 0.5) is 0 Å². The van der Waals surface area contributed by atoms with Crippen LogP contribution in [-0.4, -0.2) is 41.8 Å². The molecule has 1 aliphatic heterocycles. The van der Waals surface area contributed by atoms with E-state index in [0.29, 0.717) is 17.7 Å². The van der Waals surface area contributed by atoms with E-state index in [1.807, 2.05) is 18.1 Å². The second kappa shape index (κ2) is 6.05. The van der Waals surface area contributed by atoms with Gasteiger partial charge in [-0.05, 0) is 37.5 Å². The highest BCUT2D eigenvalue weighted by atomic mass is 32.2. The largest absolute Gasteiger partial charge is 0.331 e. The van der Waals surface area contributed by atoms with Gasteiger partial charge in [-0.2, -0.15) is 5.10 Å². The molecule has 2 heterocycles. The van der Waals surface area contributed by atoms with Crippen molar-refractivity contribution in [1.82, 2.24) is 14.7 Å². The Labute approximate surface area is 142 Å². The van der Waals surface area contributed by atoms with E-state index in [1.54, 1.807) is 29.9 Å². The summed E-state index contributed by atoms with van der Waals surface area (Å²) in [5, 5.41) is 4.19. The van der Waals surface area contributed by atoms with Gasteiger partial charge < -0.3 is 4.90 Å². The van der Waals surface area contributed by atoms with E-state index in [9.17, 15) is 13.2 Å². The Morgan fingerprint density at radius 3 is 2.71 bits per heavy atom. The molecule has 1 amide bonds. The molecule has 1 aromatic heterocycles. The minimum Gasteiger partial charge on any atom is -0.331 e. The van der Waals surface area contributed by atoms with Crippen LogP contribution < -0.4 is 0 Å². The molecule has 1 saturated heterocycles. The van der Waals surface area contributed by atoms with Gasteiger partial charge in [-0.1, -0.05) is 6.07 Å². The van der Waals surface area contributed by atoms with Crippen molar-refractivity contribution in [2.75, 3.05) is 12.8 Å². The Morgan fingerprint density at radius 1 is 1.33 bits per heavy atom. The predicted molar refractivity (Wildman–Crippen MR) is 90.5 cm³/mol. The number of benzene rings is 1. The van der Waals surface area contributed by atoms with Gasteiger partial charge in [0.15, 0.2) is 9.84 Å². The van der Waals surface area contributed by atoms with E-state index >= 15 is 0 Å². The zero-order valence-electron chi connectivity index (χ0n) is 14.1. The van der Waals surface area contributed by atoms with Crippen molar-refractivity contribution < 1.29 is 13.2 Å². The summed E-state index contributed by atoms with van der Waals surface area (Å²) < 4.78 is 25.5. The van der Waals surface area contributed by atoms with Gasteiger partial charge in [0.25, 0.3) is 5.91 Å². The molecule has 24 heavy (non-hydrogen) atoms. The summed E-state index contributed by atoms with van der Waals surface area (Å²) in [6.45, 7) is 2.40. The highest BCUT2D eigenvalue weighted by Crippen LogP contribution is 2.33. The van der Waals surface area contributed by atoms with Crippen LogP contribution in [0.25, 0.3) is 0 Å². The lowest BCUT2D eigenvalue weighted by Crippen LogP contribution is -2.30. The molecule has 0 aliphatic carbocycles. The summed E-state index contributed by atoms with van der Waals surface area (Å²) in [7, 11) is -1.51. The average molecular weight is 347 g/mol. The highest BCUT2D eigenvalue weighted by molar-refractivity contribution is 7.90. The first-order valence-electron chi connectivity index (χ1n) is 7.87. The number of rotatable bonds is 3. The van der Waals surface area contributed by atoms with Crippen LogP contribution in [0.3, 0.4) is 0 Å². The Bertz CT molecular complexity index is 886. The number of sulfone groups is 1. The smallest absolute Gasteiger partial charge is 0.254 e. The van der Waals surface area contributed by atoms with Crippen LogP contribution >= 0.6 is 0 Å². The number of aromatic nitrogens is 2. The molecular weight excluding hydrogens is 326 g/mol. The Balaban J connectivity index is 1.94. The summed E-state index contributed by atoms with van der Waals surface area (Å²) in [5.74, 6) is -0.133. The molecule has 0 N–H and O–H groups in total. The monoisotopic (exact) mass is 347 g/mol. The molecule has 0 bridgehead atoms. The lowest BCUT2D eigenvalue weighted by atomic mass is 10.1. The number of carbonyl (C=O) groups is 1. The first kappa shape index (κ1) is 16.7. The lowest BCUT2D eigenvalue weighted by molar-refractivity contribution is 0.0735. The van der Waals surface area contributed by atoms with Gasteiger partial charge >= 0.3 is 0 Å². The molecule has 1 unspecified atom stereocenters. The molecule has 0 saturated carbocycles. The van der Waals surface area contributed by atoms with Crippen molar-refractivity contribution in [2.45, 2.75) is 30.7 Å². The molecule has 0 spiro atoms. The molecule has 1 aromatic carbocycles. The van der Waals surface area contributed by atoms with Crippen LogP contribution in [0.2, 0.25) is 0 Å². The first-order chi connectivity index (χ1) is 11.3. The first-order valence-corrected chi connectivity index (χ1v) is 9.77.